The van der Waals surface area contributed by atoms with Gasteiger partial charge in [0, 0.05) is 11.9 Å². The van der Waals surface area contributed by atoms with Gasteiger partial charge in [0.25, 0.3) is 0 Å². The fourth-order valence-electron chi connectivity index (χ4n) is 2.19. The molecule has 2 rings (SSSR count). The van der Waals surface area contributed by atoms with Crippen molar-refractivity contribution < 1.29 is 14.7 Å². The zero-order chi connectivity index (χ0) is 15.6. The second kappa shape index (κ2) is 5.83. The fourth-order valence-corrected chi connectivity index (χ4v) is 2.19. The Balaban J connectivity index is 2.12. The highest BCUT2D eigenvalue weighted by molar-refractivity contribution is 6.01. The number of carbonyl (C=O) groups is 2. The number of aromatic carboxylic acids is 1. The van der Waals surface area contributed by atoms with Crippen LogP contribution in [0.3, 0.4) is 0 Å². The smallest absolute Gasteiger partial charge is 0.339 e. The number of carbonyl (C=O) groups excluding carboxylic acids is 1. The summed E-state index contributed by atoms with van der Waals surface area (Å²) in [5, 5.41) is 11.8. The number of H-pyrrole nitrogens is 1. The van der Waals surface area contributed by atoms with Gasteiger partial charge in [-0.25, -0.2) is 4.79 Å². The Morgan fingerprint density at radius 1 is 1.19 bits per heavy atom. The van der Waals surface area contributed by atoms with E-state index in [1.165, 1.54) is 11.8 Å². The molecular formula is C16H18N2O3. The van der Waals surface area contributed by atoms with Crippen molar-refractivity contribution in [1.82, 2.24) is 4.98 Å². The number of amides is 1. The molecule has 110 valence electrons. The van der Waals surface area contributed by atoms with Gasteiger partial charge >= 0.3 is 5.97 Å². The minimum atomic E-state index is -1.06. The number of hydrogen-bond donors (Lipinski definition) is 3. The molecule has 0 saturated heterocycles. The van der Waals surface area contributed by atoms with Crippen molar-refractivity contribution in [2.45, 2.75) is 27.2 Å². The van der Waals surface area contributed by atoms with Crippen LogP contribution < -0.4 is 5.32 Å². The number of carboxylic acid groups (broad SMARTS) is 1. The van der Waals surface area contributed by atoms with Gasteiger partial charge in [0.1, 0.15) is 5.56 Å². The van der Waals surface area contributed by atoms with Gasteiger partial charge < -0.3 is 15.4 Å². The summed E-state index contributed by atoms with van der Waals surface area (Å²) in [6, 6.07) is 5.85. The van der Waals surface area contributed by atoms with Crippen LogP contribution in [-0.2, 0) is 11.2 Å². The van der Waals surface area contributed by atoms with Crippen molar-refractivity contribution >= 4 is 17.6 Å². The number of carboxylic acids is 1. The van der Waals surface area contributed by atoms with Crippen molar-refractivity contribution in [2.75, 3.05) is 5.32 Å². The highest BCUT2D eigenvalue weighted by Crippen LogP contribution is 2.19. The number of rotatable bonds is 4. The lowest BCUT2D eigenvalue weighted by Crippen LogP contribution is -2.16. The minimum Gasteiger partial charge on any atom is -0.478 e. The van der Waals surface area contributed by atoms with E-state index in [4.69, 9.17) is 5.11 Å². The van der Waals surface area contributed by atoms with Crippen molar-refractivity contribution in [3.8, 4) is 0 Å². The number of nitrogens with one attached hydrogen (secondary N) is 2. The van der Waals surface area contributed by atoms with Crippen LogP contribution in [0.5, 0.6) is 0 Å². The van der Waals surface area contributed by atoms with E-state index in [-0.39, 0.29) is 17.9 Å². The van der Waals surface area contributed by atoms with Crippen LogP contribution in [-0.4, -0.2) is 22.0 Å². The topological polar surface area (TPSA) is 82.2 Å². The maximum absolute atomic E-state index is 12.0. The molecule has 1 amide bonds. The first-order chi connectivity index (χ1) is 9.88. The van der Waals surface area contributed by atoms with Crippen LogP contribution in [0, 0.1) is 20.8 Å². The van der Waals surface area contributed by atoms with Crippen LogP contribution in [0.4, 0.5) is 5.69 Å². The summed E-state index contributed by atoms with van der Waals surface area (Å²) in [7, 11) is 0. The van der Waals surface area contributed by atoms with Crippen LogP contribution in [0.25, 0.3) is 0 Å². The van der Waals surface area contributed by atoms with E-state index in [1.807, 2.05) is 32.0 Å². The summed E-state index contributed by atoms with van der Waals surface area (Å²) < 4.78 is 0. The zero-order valence-corrected chi connectivity index (χ0v) is 12.3. The quantitative estimate of drug-likeness (QED) is 0.808. The summed E-state index contributed by atoms with van der Waals surface area (Å²) in [6.45, 7) is 5.66. The maximum atomic E-state index is 12.0. The highest BCUT2D eigenvalue weighted by atomic mass is 16.4. The molecule has 0 atom stereocenters. The van der Waals surface area contributed by atoms with Crippen molar-refractivity contribution in [1.29, 1.82) is 0 Å². The number of aromatic nitrogens is 1. The molecule has 0 bridgehead atoms. The molecule has 1 aromatic carbocycles. The molecule has 0 aliphatic carbocycles. The van der Waals surface area contributed by atoms with Gasteiger partial charge in [0.15, 0.2) is 0 Å². The summed E-state index contributed by atoms with van der Waals surface area (Å²) >= 11 is 0. The Hall–Kier alpha value is -2.56. The summed E-state index contributed by atoms with van der Waals surface area (Å²) in [4.78, 5) is 26.0. The van der Waals surface area contributed by atoms with Gasteiger partial charge in [-0.3, -0.25) is 4.79 Å². The second-order valence-corrected chi connectivity index (χ2v) is 5.15. The van der Waals surface area contributed by atoms with Gasteiger partial charge in [-0.15, -0.1) is 0 Å². The van der Waals surface area contributed by atoms with E-state index in [0.717, 1.165) is 11.1 Å². The minimum absolute atomic E-state index is 0.100. The van der Waals surface area contributed by atoms with Gasteiger partial charge in [0.2, 0.25) is 5.91 Å². The standard InChI is InChI=1S/C16H18N2O3/c1-9-4-5-12(6-10(9)2)7-14(19)18-13-8-17-11(3)15(13)16(20)21/h4-6,8,17H,7H2,1-3H3,(H,18,19)(H,20,21). The molecule has 0 spiro atoms. The number of benzene rings is 1. The van der Waals surface area contributed by atoms with Gasteiger partial charge in [-0.2, -0.15) is 0 Å². The van der Waals surface area contributed by atoms with Gasteiger partial charge in [-0.1, -0.05) is 18.2 Å². The molecule has 2 aromatic rings. The van der Waals surface area contributed by atoms with Gasteiger partial charge in [-0.05, 0) is 37.5 Å². The van der Waals surface area contributed by atoms with Gasteiger partial charge in [0.05, 0.1) is 12.1 Å². The summed E-state index contributed by atoms with van der Waals surface area (Å²) in [5.41, 5.74) is 4.12. The van der Waals surface area contributed by atoms with Crippen LogP contribution >= 0.6 is 0 Å². The monoisotopic (exact) mass is 286 g/mol. The lowest BCUT2D eigenvalue weighted by Gasteiger charge is -2.07. The molecule has 1 aromatic heterocycles. The molecule has 0 fully saturated rings. The average molecular weight is 286 g/mol. The first kappa shape index (κ1) is 14.8. The Kier molecular flexibility index (Phi) is 4.12. The predicted octanol–water partition coefficient (Wildman–Crippen LogP) is 2.82. The molecule has 0 unspecified atom stereocenters. The molecular weight excluding hydrogens is 268 g/mol. The van der Waals surface area contributed by atoms with E-state index in [1.54, 1.807) is 6.92 Å². The van der Waals surface area contributed by atoms with Crippen molar-refractivity contribution in [3.05, 3.63) is 52.3 Å². The lowest BCUT2D eigenvalue weighted by atomic mass is 10.0. The largest absolute Gasteiger partial charge is 0.478 e. The van der Waals surface area contributed by atoms with E-state index in [9.17, 15) is 9.59 Å². The average Bonchev–Trinajstić information content (AvgIpc) is 2.75. The third-order valence-electron chi connectivity index (χ3n) is 3.50. The maximum Gasteiger partial charge on any atom is 0.339 e. The Morgan fingerprint density at radius 3 is 2.52 bits per heavy atom. The molecule has 21 heavy (non-hydrogen) atoms. The molecule has 0 saturated carbocycles. The van der Waals surface area contributed by atoms with Crippen LogP contribution in [0.15, 0.2) is 24.4 Å². The Morgan fingerprint density at radius 2 is 1.90 bits per heavy atom. The lowest BCUT2D eigenvalue weighted by molar-refractivity contribution is -0.115. The van der Waals surface area contributed by atoms with E-state index >= 15 is 0 Å². The zero-order valence-electron chi connectivity index (χ0n) is 12.3. The number of anilines is 1. The van der Waals surface area contributed by atoms with Crippen molar-refractivity contribution in [2.24, 2.45) is 0 Å². The van der Waals surface area contributed by atoms with E-state index < -0.39 is 5.97 Å². The Bertz CT molecular complexity index is 702. The molecule has 0 aliphatic heterocycles. The molecule has 0 radical (unpaired) electrons. The number of aromatic amines is 1. The molecule has 1 heterocycles. The molecule has 3 N–H and O–H groups in total. The predicted molar refractivity (Wildman–Crippen MR) is 80.7 cm³/mol. The fraction of sp³-hybridized carbons (Fsp3) is 0.250. The third-order valence-corrected chi connectivity index (χ3v) is 3.50. The SMILES string of the molecule is Cc1ccc(CC(=O)Nc2c[nH]c(C)c2C(=O)O)cc1C. The van der Waals surface area contributed by atoms with E-state index in [2.05, 4.69) is 10.3 Å². The Labute approximate surface area is 123 Å². The first-order valence-electron chi connectivity index (χ1n) is 6.65. The highest BCUT2D eigenvalue weighted by Gasteiger charge is 2.17. The molecule has 0 aliphatic rings. The van der Waals surface area contributed by atoms with E-state index in [0.29, 0.717) is 11.4 Å². The third kappa shape index (κ3) is 3.31. The van der Waals surface area contributed by atoms with Crippen LogP contribution in [0.2, 0.25) is 0 Å². The number of aryl methyl sites for hydroxylation is 3. The van der Waals surface area contributed by atoms with Crippen LogP contribution in [0.1, 0.15) is 32.7 Å². The number of hydrogen-bond acceptors (Lipinski definition) is 2. The molecule has 5 nitrogen and oxygen atoms in total. The molecule has 5 heteroatoms. The second-order valence-electron chi connectivity index (χ2n) is 5.15. The normalized spacial score (nSPS) is 10.4. The van der Waals surface area contributed by atoms with Crippen molar-refractivity contribution in [3.63, 3.8) is 0 Å². The summed E-state index contributed by atoms with van der Waals surface area (Å²) in [5.74, 6) is -1.30. The first-order valence-corrected chi connectivity index (χ1v) is 6.65. The summed E-state index contributed by atoms with van der Waals surface area (Å²) in [6.07, 6.45) is 1.71.